The van der Waals surface area contributed by atoms with Gasteiger partial charge in [-0.25, -0.2) is 4.98 Å². The van der Waals surface area contributed by atoms with Gasteiger partial charge >= 0.3 is 0 Å². The number of amides is 1. The van der Waals surface area contributed by atoms with Crippen LogP contribution in [-0.4, -0.2) is 52.0 Å². The Morgan fingerprint density at radius 2 is 1.71 bits per heavy atom. The number of hydrogen-bond donors (Lipinski definition) is 2. The summed E-state index contributed by atoms with van der Waals surface area (Å²) in [6.45, 7) is 8.62. The Bertz CT molecular complexity index is 1090. The van der Waals surface area contributed by atoms with Gasteiger partial charge < -0.3 is 20.3 Å². The van der Waals surface area contributed by atoms with Crippen molar-refractivity contribution in [3.63, 3.8) is 0 Å². The molecule has 0 atom stereocenters. The minimum Gasteiger partial charge on any atom is -0.378 e. The Kier molecular flexibility index (Phi) is 5.85. The fourth-order valence-corrected chi connectivity index (χ4v) is 3.60. The summed E-state index contributed by atoms with van der Waals surface area (Å²) >= 11 is 0. The highest BCUT2D eigenvalue weighted by atomic mass is 16.5. The van der Waals surface area contributed by atoms with Gasteiger partial charge in [0.25, 0.3) is 5.91 Å². The van der Waals surface area contributed by atoms with Gasteiger partial charge in [-0.15, -0.1) is 0 Å². The molecule has 1 aliphatic rings. The average Bonchev–Trinajstić information content (AvgIpc) is 3.01. The maximum Gasteiger partial charge on any atom is 0.259 e. The summed E-state index contributed by atoms with van der Waals surface area (Å²) in [4.78, 5) is 24.0. The van der Waals surface area contributed by atoms with E-state index in [1.54, 1.807) is 4.68 Å². The summed E-state index contributed by atoms with van der Waals surface area (Å²) in [6, 6.07) is 9.44. The van der Waals surface area contributed by atoms with Crippen molar-refractivity contribution in [2.24, 2.45) is 7.05 Å². The van der Waals surface area contributed by atoms with Gasteiger partial charge in [0.05, 0.1) is 24.5 Å². The lowest BCUT2D eigenvalue weighted by molar-refractivity contribution is 0.102. The topological polar surface area (TPSA) is 97.2 Å². The summed E-state index contributed by atoms with van der Waals surface area (Å²) < 4.78 is 7.13. The Balaban J connectivity index is 1.45. The first-order valence-corrected chi connectivity index (χ1v) is 10.3. The van der Waals surface area contributed by atoms with Gasteiger partial charge in [0.15, 0.2) is 0 Å². The summed E-state index contributed by atoms with van der Waals surface area (Å²) in [5.74, 6) is 1.27. The van der Waals surface area contributed by atoms with Crippen LogP contribution in [0.5, 0.6) is 0 Å². The number of aryl methyl sites for hydroxylation is 3. The van der Waals surface area contributed by atoms with E-state index < -0.39 is 0 Å². The van der Waals surface area contributed by atoms with Crippen molar-refractivity contribution in [1.82, 2.24) is 19.7 Å². The van der Waals surface area contributed by atoms with Crippen molar-refractivity contribution in [2.75, 3.05) is 41.8 Å². The second-order valence-electron chi connectivity index (χ2n) is 7.62. The highest BCUT2D eigenvalue weighted by Crippen LogP contribution is 2.22. The quantitative estimate of drug-likeness (QED) is 0.654. The van der Waals surface area contributed by atoms with Crippen LogP contribution in [-0.2, 0) is 11.8 Å². The molecule has 1 aromatic carbocycles. The third kappa shape index (κ3) is 4.66. The van der Waals surface area contributed by atoms with E-state index in [2.05, 4.69) is 30.6 Å². The number of anilines is 4. The lowest BCUT2D eigenvalue weighted by Gasteiger charge is -2.27. The fourth-order valence-electron chi connectivity index (χ4n) is 3.60. The Labute approximate surface area is 181 Å². The molecule has 1 fully saturated rings. The minimum absolute atomic E-state index is 0.162. The first kappa shape index (κ1) is 20.8. The molecule has 3 heterocycles. The standard InChI is InChI=1S/C22H27N7O2/c1-14-13-19(26-22(23-14)29-9-11-31-12-10-29)24-17-5-7-18(8-6-17)25-21(30)20-15(2)27-28(4)16(20)3/h5-8,13H,9-12H2,1-4H3,(H,25,30)(H,23,24,26). The zero-order valence-corrected chi connectivity index (χ0v) is 18.3. The predicted molar refractivity (Wildman–Crippen MR) is 120 cm³/mol. The molecule has 1 saturated heterocycles. The smallest absolute Gasteiger partial charge is 0.259 e. The van der Waals surface area contributed by atoms with Crippen LogP contribution in [0.4, 0.5) is 23.1 Å². The first-order valence-electron chi connectivity index (χ1n) is 10.3. The number of nitrogens with one attached hydrogen (secondary N) is 2. The van der Waals surface area contributed by atoms with Gasteiger partial charge in [0.1, 0.15) is 5.82 Å². The van der Waals surface area contributed by atoms with E-state index in [1.165, 1.54) is 0 Å². The van der Waals surface area contributed by atoms with E-state index in [9.17, 15) is 4.79 Å². The number of rotatable bonds is 5. The molecule has 9 heteroatoms. The second-order valence-corrected chi connectivity index (χ2v) is 7.62. The van der Waals surface area contributed by atoms with E-state index in [1.807, 2.05) is 58.2 Å². The molecule has 3 aromatic rings. The third-order valence-electron chi connectivity index (χ3n) is 5.29. The average molecular weight is 422 g/mol. The molecule has 1 amide bonds. The Morgan fingerprint density at radius 1 is 1.03 bits per heavy atom. The van der Waals surface area contributed by atoms with Gasteiger partial charge in [-0.1, -0.05) is 0 Å². The number of ether oxygens (including phenoxy) is 1. The van der Waals surface area contributed by atoms with Crippen molar-refractivity contribution in [1.29, 1.82) is 0 Å². The van der Waals surface area contributed by atoms with E-state index >= 15 is 0 Å². The zero-order valence-electron chi connectivity index (χ0n) is 18.3. The molecule has 0 radical (unpaired) electrons. The van der Waals surface area contributed by atoms with Crippen LogP contribution in [0, 0.1) is 20.8 Å². The Hall–Kier alpha value is -3.46. The van der Waals surface area contributed by atoms with E-state index in [0.717, 1.165) is 36.0 Å². The molecule has 0 bridgehead atoms. The van der Waals surface area contributed by atoms with Crippen LogP contribution in [0.15, 0.2) is 30.3 Å². The van der Waals surface area contributed by atoms with Crippen LogP contribution >= 0.6 is 0 Å². The fraction of sp³-hybridized carbons (Fsp3) is 0.364. The normalized spacial score (nSPS) is 13.9. The van der Waals surface area contributed by atoms with Crippen molar-refractivity contribution in [2.45, 2.75) is 20.8 Å². The molecule has 1 aliphatic heterocycles. The third-order valence-corrected chi connectivity index (χ3v) is 5.29. The summed E-state index contributed by atoms with van der Waals surface area (Å²) in [5, 5.41) is 10.6. The van der Waals surface area contributed by atoms with Gasteiger partial charge in [0.2, 0.25) is 5.95 Å². The number of nitrogens with zero attached hydrogens (tertiary/aromatic N) is 5. The number of benzene rings is 1. The highest BCUT2D eigenvalue weighted by Gasteiger charge is 2.18. The molecule has 9 nitrogen and oxygen atoms in total. The molecule has 2 aromatic heterocycles. The molecule has 31 heavy (non-hydrogen) atoms. The summed E-state index contributed by atoms with van der Waals surface area (Å²) in [6.07, 6.45) is 0. The highest BCUT2D eigenvalue weighted by molar-refractivity contribution is 6.05. The molecule has 2 N–H and O–H groups in total. The maximum atomic E-state index is 12.7. The number of carbonyl (C=O) groups excluding carboxylic acids is 1. The van der Waals surface area contributed by atoms with Crippen LogP contribution in [0.1, 0.15) is 27.4 Å². The molecule has 0 saturated carbocycles. The lowest BCUT2D eigenvalue weighted by Crippen LogP contribution is -2.37. The first-order chi connectivity index (χ1) is 14.9. The molecular formula is C22H27N7O2. The second kappa shape index (κ2) is 8.73. The van der Waals surface area contributed by atoms with E-state index in [-0.39, 0.29) is 5.91 Å². The van der Waals surface area contributed by atoms with Crippen molar-refractivity contribution in [3.05, 3.63) is 53.0 Å². The van der Waals surface area contributed by atoms with Crippen LogP contribution < -0.4 is 15.5 Å². The SMILES string of the molecule is Cc1cc(Nc2ccc(NC(=O)c3c(C)nn(C)c3C)cc2)nc(N2CCOCC2)n1. The zero-order chi connectivity index (χ0) is 22.0. The lowest BCUT2D eigenvalue weighted by atomic mass is 10.1. The maximum absolute atomic E-state index is 12.7. The van der Waals surface area contributed by atoms with Gasteiger partial charge in [-0.2, -0.15) is 10.1 Å². The van der Waals surface area contributed by atoms with Crippen molar-refractivity contribution in [3.8, 4) is 0 Å². The molecule has 0 unspecified atom stereocenters. The molecule has 162 valence electrons. The number of hydrogen-bond acceptors (Lipinski definition) is 7. The minimum atomic E-state index is -0.162. The largest absolute Gasteiger partial charge is 0.378 e. The molecule has 0 aliphatic carbocycles. The monoisotopic (exact) mass is 421 g/mol. The number of morpholine rings is 1. The molecule has 4 rings (SSSR count). The molecule has 0 spiro atoms. The van der Waals surface area contributed by atoms with Gasteiger partial charge in [0, 0.05) is 49.0 Å². The van der Waals surface area contributed by atoms with Crippen LogP contribution in [0.25, 0.3) is 0 Å². The van der Waals surface area contributed by atoms with Gasteiger partial charge in [-0.3, -0.25) is 9.48 Å². The predicted octanol–water partition coefficient (Wildman–Crippen LogP) is 2.97. The van der Waals surface area contributed by atoms with E-state index in [0.29, 0.717) is 36.1 Å². The van der Waals surface area contributed by atoms with Crippen molar-refractivity contribution < 1.29 is 9.53 Å². The van der Waals surface area contributed by atoms with Crippen molar-refractivity contribution >= 4 is 29.0 Å². The Morgan fingerprint density at radius 3 is 2.35 bits per heavy atom. The summed E-state index contributed by atoms with van der Waals surface area (Å²) in [5.41, 5.74) is 4.64. The van der Waals surface area contributed by atoms with Crippen LogP contribution in [0.2, 0.25) is 0 Å². The van der Waals surface area contributed by atoms with Crippen LogP contribution in [0.3, 0.4) is 0 Å². The van der Waals surface area contributed by atoms with E-state index in [4.69, 9.17) is 4.74 Å². The number of carbonyl (C=O) groups is 1. The molecular weight excluding hydrogens is 394 g/mol. The van der Waals surface area contributed by atoms with Gasteiger partial charge in [-0.05, 0) is 45.0 Å². The number of aromatic nitrogens is 4. The summed E-state index contributed by atoms with van der Waals surface area (Å²) in [7, 11) is 1.83.